The van der Waals surface area contributed by atoms with Crippen molar-refractivity contribution in [2.45, 2.75) is 84.2 Å². The van der Waals surface area contributed by atoms with Gasteiger partial charge in [-0.15, -0.1) is 0 Å². The third kappa shape index (κ3) is 5.27. The average Bonchev–Trinajstić information content (AvgIpc) is 2.54. The minimum absolute atomic E-state index is 0.278. The van der Waals surface area contributed by atoms with E-state index in [1.807, 2.05) is 0 Å². The molecule has 0 aromatic carbocycles. The summed E-state index contributed by atoms with van der Waals surface area (Å²) in [6, 6.07) is 3.18. The van der Waals surface area contributed by atoms with Gasteiger partial charge in [0.2, 0.25) is 0 Å². The highest BCUT2D eigenvalue weighted by Gasteiger charge is 2.38. The van der Waals surface area contributed by atoms with Crippen molar-refractivity contribution in [1.82, 2.24) is 10.2 Å². The zero-order chi connectivity index (χ0) is 15.7. The Morgan fingerprint density at radius 3 is 2.52 bits per heavy atom. The van der Waals surface area contributed by atoms with Crippen LogP contribution in [0.3, 0.4) is 0 Å². The number of nitriles is 1. The maximum absolute atomic E-state index is 9.68. The van der Waals surface area contributed by atoms with Gasteiger partial charge in [-0.05, 0) is 51.1 Å². The summed E-state index contributed by atoms with van der Waals surface area (Å²) in [7, 11) is 0. The first-order chi connectivity index (χ1) is 10.1. The number of nitrogens with one attached hydrogen (secondary N) is 1. The lowest BCUT2D eigenvalue weighted by molar-refractivity contribution is 0.106. The Hall–Kier alpha value is -0.590. The van der Waals surface area contributed by atoms with Gasteiger partial charge in [-0.3, -0.25) is 5.32 Å². The van der Waals surface area contributed by atoms with Crippen LogP contribution in [0.1, 0.15) is 72.6 Å². The second-order valence-electron chi connectivity index (χ2n) is 6.64. The standard InChI is InChI=1S/C18H35N3/c1-5-12-20-18(15-19)11-9-10-17(13-18)21(8-4)14-16(6-2)7-3/h16-17,20H,5-14H2,1-4H3. The van der Waals surface area contributed by atoms with Crippen molar-refractivity contribution in [2.24, 2.45) is 5.92 Å². The molecule has 1 saturated carbocycles. The van der Waals surface area contributed by atoms with Crippen LogP contribution in [0, 0.1) is 17.2 Å². The fourth-order valence-corrected chi connectivity index (χ4v) is 3.64. The molecule has 0 spiro atoms. The van der Waals surface area contributed by atoms with E-state index < -0.39 is 0 Å². The van der Waals surface area contributed by atoms with Gasteiger partial charge in [0.15, 0.2) is 0 Å². The normalized spacial score (nSPS) is 26.2. The average molecular weight is 293 g/mol. The number of hydrogen-bond acceptors (Lipinski definition) is 3. The predicted molar refractivity (Wildman–Crippen MR) is 90.2 cm³/mol. The summed E-state index contributed by atoms with van der Waals surface area (Å²) in [5, 5.41) is 13.2. The molecule has 0 saturated heterocycles. The monoisotopic (exact) mass is 293 g/mol. The van der Waals surface area contributed by atoms with E-state index >= 15 is 0 Å². The molecule has 0 aliphatic heterocycles. The van der Waals surface area contributed by atoms with Gasteiger partial charge in [-0.1, -0.05) is 40.5 Å². The van der Waals surface area contributed by atoms with Gasteiger partial charge in [0.05, 0.1) is 6.07 Å². The highest BCUT2D eigenvalue weighted by molar-refractivity contribution is 5.11. The number of hydrogen-bond donors (Lipinski definition) is 1. The van der Waals surface area contributed by atoms with Crippen LogP contribution in [0.4, 0.5) is 0 Å². The molecular formula is C18H35N3. The molecule has 0 amide bonds. The van der Waals surface area contributed by atoms with E-state index in [0.717, 1.165) is 38.3 Å². The molecular weight excluding hydrogens is 258 g/mol. The zero-order valence-electron chi connectivity index (χ0n) is 14.6. The van der Waals surface area contributed by atoms with Crippen LogP contribution in [0.5, 0.6) is 0 Å². The maximum atomic E-state index is 9.68. The Kier molecular flexibility index (Phi) is 8.29. The summed E-state index contributed by atoms with van der Waals surface area (Å²) in [6.07, 6.45) is 8.06. The third-order valence-corrected chi connectivity index (χ3v) is 5.22. The molecule has 1 aliphatic carbocycles. The van der Waals surface area contributed by atoms with E-state index in [2.05, 4.69) is 44.0 Å². The highest BCUT2D eigenvalue weighted by Crippen LogP contribution is 2.31. The first-order valence-electron chi connectivity index (χ1n) is 9.04. The van der Waals surface area contributed by atoms with Crippen molar-refractivity contribution in [3.63, 3.8) is 0 Å². The minimum atomic E-state index is -0.278. The number of rotatable bonds is 9. The van der Waals surface area contributed by atoms with Crippen LogP contribution in [-0.4, -0.2) is 36.1 Å². The van der Waals surface area contributed by atoms with Gasteiger partial charge in [0.25, 0.3) is 0 Å². The fourth-order valence-electron chi connectivity index (χ4n) is 3.64. The van der Waals surface area contributed by atoms with Crippen molar-refractivity contribution >= 4 is 0 Å². The number of nitrogens with zero attached hydrogens (tertiary/aromatic N) is 2. The molecule has 0 aromatic rings. The predicted octanol–water partition coefficient (Wildman–Crippen LogP) is 3.95. The Morgan fingerprint density at radius 1 is 1.29 bits per heavy atom. The second-order valence-corrected chi connectivity index (χ2v) is 6.64. The Labute approximate surface area is 132 Å². The molecule has 0 aromatic heterocycles. The van der Waals surface area contributed by atoms with E-state index in [1.165, 1.54) is 32.2 Å². The van der Waals surface area contributed by atoms with Crippen molar-refractivity contribution in [3.8, 4) is 6.07 Å². The summed E-state index contributed by atoms with van der Waals surface area (Å²) in [5.74, 6) is 0.798. The molecule has 1 rings (SSSR count). The van der Waals surface area contributed by atoms with Crippen LogP contribution in [-0.2, 0) is 0 Å². The van der Waals surface area contributed by atoms with Gasteiger partial charge in [-0.25, -0.2) is 0 Å². The van der Waals surface area contributed by atoms with Crippen LogP contribution in [0.2, 0.25) is 0 Å². The third-order valence-electron chi connectivity index (χ3n) is 5.22. The first kappa shape index (κ1) is 18.5. The van der Waals surface area contributed by atoms with E-state index in [0.29, 0.717) is 6.04 Å². The molecule has 0 heterocycles. The SMILES string of the molecule is CCCNC1(C#N)CCCC(N(CC)CC(CC)CC)C1. The summed E-state index contributed by atoms with van der Waals surface area (Å²) in [6.45, 7) is 12.3. The molecule has 1 N–H and O–H groups in total. The van der Waals surface area contributed by atoms with Gasteiger partial charge >= 0.3 is 0 Å². The van der Waals surface area contributed by atoms with E-state index in [9.17, 15) is 5.26 Å². The molecule has 0 bridgehead atoms. The summed E-state index contributed by atoms with van der Waals surface area (Å²) < 4.78 is 0. The largest absolute Gasteiger partial charge is 0.300 e. The molecule has 122 valence electrons. The zero-order valence-corrected chi connectivity index (χ0v) is 14.6. The van der Waals surface area contributed by atoms with Crippen LogP contribution < -0.4 is 5.32 Å². The van der Waals surface area contributed by atoms with Crippen LogP contribution >= 0.6 is 0 Å². The molecule has 3 heteroatoms. The van der Waals surface area contributed by atoms with Crippen LogP contribution in [0.25, 0.3) is 0 Å². The molecule has 2 atom stereocenters. The molecule has 3 nitrogen and oxygen atoms in total. The Balaban J connectivity index is 2.69. The van der Waals surface area contributed by atoms with E-state index in [4.69, 9.17) is 0 Å². The smallest absolute Gasteiger partial charge is 0.108 e. The minimum Gasteiger partial charge on any atom is -0.300 e. The Morgan fingerprint density at radius 2 is 2.00 bits per heavy atom. The maximum Gasteiger partial charge on any atom is 0.108 e. The summed E-state index contributed by atoms with van der Waals surface area (Å²) in [5.41, 5.74) is -0.278. The summed E-state index contributed by atoms with van der Waals surface area (Å²) >= 11 is 0. The Bertz CT molecular complexity index is 319. The van der Waals surface area contributed by atoms with Gasteiger partial charge in [0.1, 0.15) is 5.54 Å². The molecule has 0 radical (unpaired) electrons. The lowest BCUT2D eigenvalue weighted by Gasteiger charge is -2.42. The van der Waals surface area contributed by atoms with E-state index in [1.54, 1.807) is 0 Å². The quantitative estimate of drug-likeness (QED) is 0.699. The molecule has 21 heavy (non-hydrogen) atoms. The van der Waals surface area contributed by atoms with Crippen molar-refractivity contribution < 1.29 is 0 Å². The molecule has 1 aliphatic rings. The van der Waals surface area contributed by atoms with Crippen molar-refractivity contribution in [1.29, 1.82) is 5.26 Å². The topological polar surface area (TPSA) is 39.1 Å². The van der Waals surface area contributed by atoms with Crippen molar-refractivity contribution in [3.05, 3.63) is 0 Å². The highest BCUT2D eigenvalue weighted by atomic mass is 15.2. The lowest BCUT2D eigenvalue weighted by Crippen LogP contribution is -2.53. The molecule has 1 fully saturated rings. The van der Waals surface area contributed by atoms with Gasteiger partial charge in [0, 0.05) is 12.6 Å². The van der Waals surface area contributed by atoms with Gasteiger partial charge < -0.3 is 4.90 Å². The second kappa shape index (κ2) is 9.43. The van der Waals surface area contributed by atoms with Crippen LogP contribution in [0.15, 0.2) is 0 Å². The van der Waals surface area contributed by atoms with E-state index in [-0.39, 0.29) is 5.54 Å². The fraction of sp³-hybridized carbons (Fsp3) is 0.944. The first-order valence-corrected chi connectivity index (χ1v) is 9.04. The summed E-state index contributed by atoms with van der Waals surface area (Å²) in [4.78, 5) is 2.64. The van der Waals surface area contributed by atoms with Crippen molar-refractivity contribution in [2.75, 3.05) is 19.6 Å². The lowest BCUT2D eigenvalue weighted by atomic mass is 9.79. The van der Waals surface area contributed by atoms with Gasteiger partial charge in [-0.2, -0.15) is 5.26 Å². The molecule has 2 unspecified atom stereocenters.